The summed E-state index contributed by atoms with van der Waals surface area (Å²) in [6.07, 6.45) is 19.9. The van der Waals surface area contributed by atoms with E-state index >= 15 is 0 Å². The van der Waals surface area contributed by atoms with Gasteiger partial charge in [0.25, 0.3) is 0 Å². The van der Waals surface area contributed by atoms with Gasteiger partial charge in [-0.15, -0.1) is 0 Å². The summed E-state index contributed by atoms with van der Waals surface area (Å²) in [6.45, 7) is 6.21. The van der Waals surface area contributed by atoms with Crippen LogP contribution in [0.5, 0.6) is 0 Å². The molecule has 0 fully saturated rings. The predicted octanol–water partition coefficient (Wildman–Crippen LogP) is 6.17. The molecule has 4 N–H and O–H groups in total. The smallest absolute Gasteiger partial charge is 0.225 e. The van der Waals surface area contributed by atoms with Gasteiger partial charge in [0.2, 0.25) is 11.8 Å². The summed E-state index contributed by atoms with van der Waals surface area (Å²) >= 11 is 0. The van der Waals surface area contributed by atoms with Crippen LogP contribution in [0.3, 0.4) is 0 Å². The van der Waals surface area contributed by atoms with E-state index in [4.69, 9.17) is 11.5 Å². The van der Waals surface area contributed by atoms with Crippen molar-refractivity contribution in [2.75, 3.05) is 0 Å². The Morgan fingerprint density at radius 1 is 0.679 bits per heavy atom. The highest BCUT2D eigenvalue weighted by atomic mass is 16.2. The fourth-order valence-corrected chi connectivity index (χ4v) is 3.75. The molecule has 4 nitrogen and oxygen atoms in total. The second-order valence-corrected chi connectivity index (χ2v) is 8.43. The van der Waals surface area contributed by atoms with Gasteiger partial charge in [-0.2, -0.15) is 0 Å². The second kappa shape index (κ2) is 17.8. The van der Waals surface area contributed by atoms with E-state index in [0.717, 1.165) is 18.4 Å². The molecule has 0 spiro atoms. The number of unbranched alkanes of at least 4 members (excludes halogenated alkanes) is 13. The minimum Gasteiger partial charge on any atom is -0.370 e. The van der Waals surface area contributed by atoms with Crippen molar-refractivity contribution in [1.82, 2.24) is 0 Å². The number of allylic oxidation sites excluding steroid dienone is 1. The molecule has 2 amide bonds. The Balaban J connectivity index is 3.71. The summed E-state index contributed by atoms with van der Waals surface area (Å²) in [5.74, 6) is -1.49. The van der Waals surface area contributed by atoms with Crippen molar-refractivity contribution in [1.29, 1.82) is 0 Å². The zero-order chi connectivity index (χ0) is 21.2. The first kappa shape index (κ1) is 26.7. The Labute approximate surface area is 173 Å². The minimum absolute atomic E-state index is 0.0112. The van der Waals surface area contributed by atoms with Gasteiger partial charge in [-0.25, -0.2) is 0 Å². The van der Waals surface area contributed by atoms with E-state index in [1.165, 1.54) is 89.0 Å². The Kier molecular flexibility index (Phi) is 16.9. The van der Waals surface area contributed by atoms with E-state index in [1.54, 1.807) is 0 Å². The van der Waals surface area contributed by atoms with Gasteiger partial charge in [0.15, 0.2) is 0 Å². The summed E-state index contributed by atoms with van der Waals surface area (Å²) in [5, 5.41) is 0. The van der Waals surface area contributed by atoms with Gasteiger partial charge in [-0.05, 0) is 26.7 Å². The van der Waals surface area contributed by atoms with Crippen molar-refractivity contribution in [3.05, 3.63) is 11.1 Å². The maximum atomic E-state index is 11.6. The lowest BCUT2D eigenvalue weighted by Crippen LogP contribution is -2.29. The quantitative estimate of drug-likeness (QED) is 0.203. The molecular weight excluding hydrogens is 348 g/mol. The topological polar surface area (TPSA) is 86.2 Å². The lowest BCUT2D eigenvalue weighted by atomic mass is 9.90. The van der Waals surface area contributed by atoms with Crippen molar-refractivity contribution in [2.45, 2.75) is 124 Å². The van der Waals surface area contributed by atoms with Crippen molar-refractivity contribution in [3.63, 3.8) is 0 Å². The fourth-order valence-electron chi connectivity index (χ4n) is 3.75. The number of hydrogen-bond acceptors (Lipinski definition) is 2. The Bertz CT molecular complexity index is 458. The van der Waals surface area contributed by atoms with Gasteiger partial charge in [0.1, 0.15) is 0 Å². The molecule has 0 aliphatic carbocycles. The zero-order valence-electron chi connectivity index (χ0n) is 18.9. The zero-order valence-corrected chi connectivity index (χ0v) is 18.9. The molecule has 0 saturated carbocycles. The number of carbonyl (C=O) groups excluding carboxylic acids is 2. The molecule has 164 valence electrons. The first-order chi connectivity index (χ1) is 13.4. The molecule has 0 rings (SSSR count). The molecule has 0 heterocycles. The van der Waals surface area contributed by atoms with Gasteiger partial charge in [-0.1, -0.05) is 102 Å². The van der Waals surface area contributed by atoms with Crippen LogP contribution in [0.1, 0.15) is 124 Å². The summed E-state index contributed by atoms with van der Waals surface area (Å²) in [7, 11) is 0. The molecule has 0 saturated heterocycles. The molecule has 1 unspecified atom stereocenters. The van der Waals surface area contributed by atoms with Gasteiger partial charge in [0, 0.05) is 6.42 Å². The third-order valence-electron chi connectivity index (χ3n) is 5.85. The average molecular weight is 395 g/mol. The maximum Gasteiger partial charge on any atom is 0.225 e. The normalized spacial score (nSPS) is 13.2. The first-order valence-corrected chi connectivity index (χ1v) is 11.6. The van der Waals surface area contributed by atoms with E-state index in [-0.39, 0.29) is 6.42 Å². The van der Waals surface area contributed by atoms with Crippen LogP contribution in [0.15, 0.2) is 11.1 Å². The molecule has 0 bridgehead atoms. The number of hydrogen-bond donors (Lipinski definition) is 2. The number of rotatable bonds is 19. The summed E-state index contributed by atoms with van der Waals surface area (Å²) < 4.78 is 0. The van der Waals surface area contributed by atoms with Crippen LogP contribution in [0, 0.1) is 5.92 Å². The monoisotopic (exact) mass is 394 g/mol. The Morgan fingerprint density at radius 3 is 1.43 bits per heavy atom. The molecule has 0 aromatic heterocycles. The summed E-state index contributed by atoms with van der Waals surface area (Å²) in [6, 6.07) is 0. The molecule has 0 aliphatic heterocycles. The van der Waals surface area contributed by atoms with Crippen molar-refractivity contribution in [2.24, 2.45) is 17.4 Å². The van der Waals surface area contributed by atoms with Gasteiger partial charge in [-0.3, -0.25) is 9.59 Å². The molecule has 4 heteroatoms. The Hall–Kier alpha value is -1.32. The molecule has 0 radical (unpaired) electrons. The second-order valence-electron chi connectivity index (χ2n) is 8.43. The van der Waals surface area contributed by atoms with Crippen LogP contribution in [0.4, 0.5) is 0 Å². The summed E-state index contributed by atoms with van der Waals surface area (Å²) in [4.78, 5) is 22.7. The standard InChI is InChI=1S/C24H46N2O2/c1-4-5-6-7-8-9-10-11-12-13-14-15-16-17-18-20(2)21(3)22(24(26)28)19-23(25)27/h22H,4-19H2,1-3H3,(H2,25,27)(H2,26,28). The first-order valence-electron chi connectivity index (χ1n) is 11.6. The van der Waals surface area contributed by atoms with Crippen LogP contribution < -0.4 is 11.5 Å². The highest BCUT2D eigenvalue weighted by molar-refractivity contribution is 5.86. The van der Waals surface area contributed by atoms with Crippen molar-refractivity contribution < 1.29 is 9.59 Å². The van der Waals surface area contributed by atoms with Gasteiger partial charge < -0.3 is 11.5 Å². The fraction of sp³-hybridized carbons (Fsp3) is 0.833. The van der Waals surface area contributed by atoms with E-state index in [0.29, 0.717) is 0 Å². The third kappa shape index (κ3) is 14.7. The van der Waals surface area contributed by atoms with Crippen molar-refractivity contribution >= 4 is 11.8 Å². The van der Waals surface area contributed by atoms with Crippen LogP contribution in [0.2, 0.25) is 0 Å². The van der Waals surface area contributed by atoms with E-state index in [2.05, 4.69) is 6.92 Å². The van der Waals surface area contributed by atoms with Gasteiger partial charge in [0.05, 0.1) is 5.92 Å². The van der Waals surface area contributed by atoms with E-state index in [1.807, 2.05) is 13.8 Å². The van der Waals surface area contributed by atoms with Crippen molar-refractivity contribution in [3.8, 4) is 0 Å². The molecule has 0 aromatic rings. The summed E-state index contributed by atoms with van der Waals surface area (Å²) in [5.41, 5.74) is 12.7. The Morgan fingerprint density at radius 2 is 1.07 bits per heavy atom. The number of primary amides is 2. The largest absolute Gasteiger partial charge is 0.370 e. The van der Waals surface area contributed by atoms with Crippen LogP contribution >= 0.6 is 0 Å². The average Bonchev–Trinajstić information content (AvgIpc) is 2.65. The molecule has 0 aromatic carbocycles. The number of carbonyl (C=O) groups is 2. The molecule has 28 heavy (non-hydrogen) atoms. The number of amides is 2. The molecule has 0 aliphatic rings. The molecule has 1 atom stereocenters. The predicted molar refractivity (Wildman–Crippen MR) is 120 cm³/mol. The van der Waals surface area contributed by atoms with Crippen LogP contribution in [-0.2, 0) is 9.59 Å². The SMILES string of the molecule is CCCCCCCCCCCCCCCCC(C)=C(C)C(CC(N)=O)C(N)=O. The lowest BCUT2D eigenvalue weighted by Gasteiger charge is -2.16. The third-order valence-corrected chi connectivity index (χ3v) is 5.85. The van der Waals surface area contributed by atoms with E-state index in [9.17, 15) is 9.59 Å². The van der Waals surface area contributed by atoms with E-state index < -0.39 is 17.7 Å². The minimum atomic E-state index is -0.552. The van der Waals surface area contributed by atoms with Gasteiger partial charge >= 0.3 is 0 Å². The molecular formula is C24H46N2O2. The van der Waals surface area contributed by atoms with Crippen LogP contribution in [0.25, 0.3) is 0 Å². The lowest BCUT2D eigenvalue weighted by molar-refractivity contribution is -0.125. The maximum absolute atomic E-state index is 11.6. The highest BCUT2D eigenvalue weighted by Gasteiger charge is 2.21. The number of nitrogens with two attached hydrogens (primary N) is 2. The highest BCUT2D eigenvalue weighted by Crippen LogP contribution is 2.22. The van der Waals surface area contributed by atoms with Crippen LogP contribution in [-0.4, -0.2) is 11.8 Å².